The van der Waals surface area contributed by atoms with Crippen LogP contribution in [0.2, 0.25) is 0 Å². The van der Waals surface area contributed by atoms with Gasteiger partial charge in [0, 0.05) is 24.2 Å². The van der Waals surface area contributed by atoms with E-state index >= 15 is 0 Å². The number of rotatable bonds is 4. The van der Waals surface area contributed by atoms with Crippen LogP contribution < -0.4 is 4.90 Å². The minimum atomic E-state index is 0.312. The summed E-state index contributed by atoms with van der Waals surface area (Å²) in [6, 6.07) is 27.1. The van der Waals surface area contributed by atoms with Gasteiger partial charge in [-0.15, -0.1) is 0 Å². The lowest BCUT2D eigenvalue weighted by molar-refractivity contribution is 0.123. The van der Waals surface area contributed by atoms with E-state index in [9.17, 15) is 5.11 Å². The predicted octanol–water partition coefficient (Wildman–Crippen LogP) is 6.95. The molecule has 2 fully saturated rings. The summed E-state index contributed by atoms with van der Waals surface area (Å²) in [7, 11) is 0. The lowest BCUT2D eigenvalue weighted by atomic mass is 9.69. The number of phenolic OH excluding ortho intramolecular Hbond substituents is 1. The Kier molecular flexibility index (Phi) is 6.29. The number of piperidine rings is 1. The van der Waals surface area contributed by atoms with Gasteiger partial charge in [-0.1, -0.05) is 55.5 Å². The molecule has 188 valence electrons. The van der Waals surface area contributed by atoms with E-state index in [-0.39, 0.29) is 0 Å². The van der Waals surface area contributed by atoms with Crippen molar-refractivity contribution >= 4 is 5.69 Å². The molecular formula is C33H40N2O. The number of aromatic hydroxyl groups is 1. The fourth-order valence-corrected chi connectivity index (χ4v) is 7.52. The van der Waals surface area contributed by atoms with Gasteiger partial charge in [0.2, 0.25) is 0 Å². The van der Waals surface area contributed by atoms with Crippen molar-refractivity contribution in [1.82, 2.24) is 4.90 Å². The minimum Gasteiger partial charge on any atom is -0.508 e. The molecule has 2 saturated heterocycles. The number of likely N-dealkylation sites (tertiary alicyclic amines) is 1. The van der Waals surface area contributed by atoms with Crippen molar-refractivity contribution in [2.45, 2.75) is 63.8 Å². The maximum Gasteiger partial charge on any atom is 0.115 e. The van der Waals surface area contributed by atoms with Crippen LogP contribution in [0.15, 0.2) is 72.8 Å². The SMILES string of the molecule is CCN1CCC2(CC1)CC(C)N(c1ccc(C3c4ccc(O)cc4CCC3c3ccccc3)cc1)C2. The molecule has 3 aliphatic rings. The van der Waals surface area contributed by atoms with Crippen LogP contribution in [-0.2, 0) is 6.42 Å². The van der Waals surface area contributed by atoms with Gasteiger partial charge in [-0.25, -0.2) is 0 Å². The summed E-state index contributed by atoms with van der Waals surface area (Å²) < 4.78 is 0. The summed E-state index contributed by atoms with van der Waals surface area (Å²) in [6.07, 6.45) is 6.12. The van der Waals surface area contributed by atoms with Crippen molar-refractivity contribution in [3.63, 3.8) is 0 Å². The molecule has 3 aromatic carbocycles. The number of phenols is 1. The second-order valence-corrected chi connectivity index (χ2v) is 11.6. The number of hydrogen-bond acceptors (Lipinski definition) is 3. The van der Waals surface area contributed by atoms with Gasteiger partial charge in [-0.2, -0.15) is 0 Å². The number of benzene rings is 3. The van der Waals surface area contributed by atoms with Gasteiger partial charge in [0.25, 0.3) is 0 Å². The quantitative estimate of drug-likeness (QED) is 0.437. The third kappa shape index (κ3) is 4.32. The Bertz CT molecular complexity index is 1180. The van der Waals surface area contributed by atoms with Gasteiger partial charge in [-0.3, -0.25) is 0 Å². The third-order valence-electron chi connectivity index (χ3n) is 9.53. The standard InChI is InChI=1S/C33H40N2O/c1-3-34-19-17-33(18-20-34)22-24(2)35(23-33)28-12-9-26(10-13-28)32-30(25-7-5-4-6-8-25)15-11-27-21-29(36)14-16-31(27)32/h4-10,12-14,16,21,24,30,32,36H,3,11,15,17-20,22-23H2,1-2H3. The Balaban J connectivity index is 1.28. The molecule has 0 amide bonds. The van der Waals surface area contributed by atoms with Gasteiger partial charge in [0.1, 0.15) is 5.75 Å². The number of fused-ring (bicyclic) bond motifs is 1. The van der Waals surface area contributed by atoms with Gasteiger partial charge < -0.3 is 14.9 Å². The van der Waals surface area contributed by atoms with E-state index < -0.39 is 0 Å². The molecule has 0 radical (unpaired) electrons. The predicted molar refractivity (Wildman–Crippen MR) is 149 cm³/mol. The highest BCUT2D eigenvalue weighted by atomic mass is 16.3. The number of anilines is 1. The molecular weight excluding hydrogens is 440 g/mol. The van der Waals surface area contributed by atoms with Crippen molar-refractivity contribution in [2.75, 3.05) is 31.1 Å². The molecule has 1 N–H and O–H groups in total. The van der Waals surface area contributed by atoms with E-state index in [0.717, 1.165) is 12.8 Å². The van der Waals surface area contributed by atoms with Crippen LogP contribution in [0.5, 0.6) is 5.75 Å². The van der Waals surface area contributed by atoms with Crippen molar-refractivity contribution in [1.29, 1.82) is 0 Å². The van der Waals surface area contributed by atoms with Crippen LogP contribution >= 0.6 is 0 Å². The summed E-state index contributed by atoms with van der Waals surface area (Å²) >= 11 is 0. The highest BCUT2D eigenvalue weighted by Gasteiger charge is 2.44. The first kappa shape index (κ1) is 23.6. The molecule has 0 saturated carbocycles. The summed E-state index contributed by atoms with van der Waals surface area (Å²) in [5, 5.41) is 10.1. The second kappa shape index (κ2) is 9.59. The van der Waals surface area contributed by atoms with E-state index in [1.807, 2.05) is 12.1 Å². The maximum atomic E-state index is 10.1. The Morgan fingerprint density at radius 1 is 0.917 bits per heavy atom. The van der Waals surface area contributed by atoms with Crippen molar-refractivity contribution in [2.24, 2.45) is 5.41 Å². The average molecular weight is 481 g/mol. The van der Waals surface area contributed by atoms with Crippen molar-refractivity contribution in [3.8, 4) is 5.75 Å². The maximum absolute atomic E-state index is 10.1. The fraction of sp³-hybridized carbons (Fsp3) is 0.455. The Morgan fingerprint density at radius 3 is 2.39 bits per heavy atom. The number of hydrogen-bond donors (Lipinski definition) is 1. The largest absolute Gasteiger partial charge is 0.508 e. The van der Waals surface area contributed by atoms with Crippen LogP contribution in [0.4, 0.5) is 5.69 Å². The molecule has 3 nitrogen and oxygen atoms in total. The molecule has 3 unspecified atom stereocenters. The normalized spacial score (nSPS) is 25.7. The van der Waals surface area contributed by atoms with Crippen LogP contribution in [0, 0.1) is 5.41 Å². The van der Waals surface area contributed by atoms with Gasteiger partial charge >= 0.3 is 0 Å². The van der Waals surface area contributed by atoms with Crippen molar-refractivity contribution < 1.29 is 5.11 Å². The lowest BCUT2D eigenvalue weighted by Gasteiger charge is -2.39. The van der Waals surface area contributed by atoms with Crippen LogP contribution in [0.3, 0.4) is 0 Å². The molecule has 3 heteroatoms. The summed E-state index contributed by atoms with van der Waals surface area (Å²) in [5.41, 5.74) is 7.34. The van der Waals surface area contributed by atoms with Gasteiger partial charge in [0.15, 0.2) is 0 Å². The first-order valence-electron chi connectivity index (χ1n) is 14.0. The molecule has 6 rings (SSSR count). The molecule has 0 bridgehead atoms. The molecule has 2 heterocycles. The molecule has 36 heavy (non-hydrogen) atoms. The first-order chi connectivity index (χ1) is 17.5. The fourth-order valence-electron chi connectivity index (χ4n) is 7.52. The molecule has 1 aliphatic carbocycles. The molecule has 2 aliphatic heterocycles. The summed E-state index contributed by atoms with van der Waals surface area (Å²) in [5.74, 6) is 1.14. The molecule has 3 atom stereocenters. The van der Waals surface area contributed by atoms with Crippen LogP contribution in [0.1, 0.15) is 73.6 Å². The summed E-state index contributed by atoms with van der Waals surface area (Å²) in [4.78, 5) is 5.28. The Morgan fingerprint density at radius 2 is 1.67 bits per heavy atom. The van der Waals surface area contributed by atoms with Crippen LogP contribution in [0.25, 0.3) is 0 Å². The number of aryl methyl sites for hydroxylation is 1. The lowest BCUT2D eigenvalue weighted by Crippen LogP contribution is -2.41. The molecule has 1 spiro atoms. The number of nitrogens with zero attached hydrogens (tertiary/aromatic N) is 2. The Labute approximate surface area is 216 Å². The van der Waals surface area contributed by atoms with E-state index in [2.05, 4.69) is 84.3 Å². The Hall–Kier alpha value is -2.78. The third-order valence-corrected chi connectivity index (χ3v) is 9.53. The summed E-state index contributed by atoms with van der Waals surface area (Å²) in [6.45, 7) is 9.61. The average Bonchev–Trinajstić information content (AvgIpc) is 3.24. The van der Waals surface area contributed by atoms with E-state index in [0.29, 0.717) is 29.0 Å². The zero-order valence-corrected chi connectivity index (χ0v) is 21.9. The topological polar surface area (TPSA) is 26.7 Å². The van der Waals surface area contributed by atoms with E-state index in [1.165, 1.54) is 73.4 Å². The molecule has 3 aromatic rings. The highest BCUT2D eigenvalue weighted by molar-refractivity contribution is 5.54. The van der Waals surface area contributed by atoms with Gasteiger partial charge in [0.05, 0.1) is 0 Å². The monoisotopic (exact) mass is 480 g/mol. The van der Waals surface area contributed by atoms with Crippen molar-refractivity contribution in [3.05, 3.63) is 95.1 Å². The van der Waals surface area contributed by atoms with E-state index in [1.54, 1.807) is 0 Å². The van der Waals surface area contributed by atoms with Gasteiger partial charge in [-0.05, 0) is 117 Å². The molecule has 0 aromatic heterocycles. The zero-order chi connectivity index (χ0) is 24.7. The first-order valence-corrected chi connectivity index (χ1v) is 14.0. The van der Waals surface area contributed by atoms with E-state index in [4.69, 9.17) is 0 Å². The highest BCUT2D eigenvalue weighted by Crippen LogP contribution is 2.48. The second-order valence-electron chi connectivity index (χ2n) is 11.6. The zero-order valence-electron chi connectivity index (χ0n) is 21.9. The smallest absolute Gasteiger partial charge is 0.115 e. The van der Waals surface area contributed by atoms with Crippen LogP contribution in [-0.4, -0.2) is 42.2 Å². The minimum absolute atomic E-state index is 0.312.